The molecule has 0 saturated heterocycles. The molecule has 2 heterocycles. The lowest BCUT2D eigenvalue weighted by atomic mass is 10.2. The number of halogens is 5. The number of benzene rings is 1. The van der Waals surface area contributed by atoms with Crippen LogP contribution in [0.3, 0.4) is 0 Å². The number of aromatic nitrogens is 3. The second-order valence-electron chi connectivity index (χ2n) is 5.29. The van der Waals surface area contributed by atoms with E-state index >= 15 is 0 Å². The summed E-state index contributed by atoms with van der Waals surface area (Å²) in [5.41, 5.74) is 0.374. The van der Waals surface area contributed by atoms with E-state index in [1.807, 2.05) is 0 Å². The topological polar surface area (TPSA) is 46.3 Å². The lowest BCUT2D eigenvalue weighted by Crippen LogP contribution is -2.23. The van der Waals surface area contributed by atoms with Gasteiger partial charge in [-0.2, -0.15) is 0 Å². The first kappa shape index (κ1) is 17.4. The zero-order valence-electron chi connectivity index (χ0n) is 12.7. The van der Waals surface area contributed by atoms with E-state index in [2.05, 4.69) is 15.3 Å². The second-order valence-corrected chi connectivity index (χ2v) is 5.70. The standard InChI is InChI=1S/C15H12ClF4N5/c16-13-2-1-11(3-12(13)15(19)20)25-7-10(22-23-25)6-24-5-9(14(17)18)4-21-8-24/h1-5,7,14-15H,6,8H2. The van der Waals surface area contributed by atoms with E-state index in [-0.39, 0.29) is 29.4 Å². The van der Waals surface area contributed by atoms with E-state index in [9.17, 15) is 17.6 Å². The molecule has 3 rings (SSSR count). The van der Waals surface area contributed by atoms with Gasteiger partial charge in [-0.3, -0.25) is 4.99 Å². The molecule has 5 nitrogen and oxygen atoms in total. The third-order valence-electron chi connectivity index (χ3n) is 3.47. The van der Waals surface area contributed by atoms with Gasteiger partial charge < -0.3 is 4.90 Å². The molecule has 1 aliphatic heterocycles. The van der Waals surface area contributed by atoms with E-state index < -0.39 is 12.9 Å². The summed E-state index contributed by atoms with van der Waals surface area (Å²) in [6.07, 6.45) is -1.33. The average Bonchev–Trinajstić information content (AvgIpc) is 3.03. The van der Waals surface area contributed by atoms with Crippen molar-refractivity contribution in [1.82, 2.24) is 19.9 Å². The maximum Gasteiger partial charge on any atom is 0.266 e. The smallest absolute Gasteiger partial charge is 0.266 e. The predicted molar refractivity (Wildman–Crippen MR) is 84.3 cm³/mol. The average molecular weight is 374 g/mol. The highest BCUT2D eigenvalue weighted by Gasteiger charge is 2.17. The fourth-order valence-corrected chi connectivity index (χ4v) is 2.49. The Morgan fingerprint density at radius 3 is 2.68 bits per heavy atom. The van der Waals surface area contributed by atoms with Gasteiger partial charge in [0.25, 0.3) is 12.9 Å². The number of alkyl halides is 4. The molecule has 132 valence electrons. The zero-order valence-corrected chi connectivity index (χ0v) is 13.4. The van der Waals surface area contributed by atoms with Gasteiger partial charge in [-0.15, -0.1) is 5.10 Å². The van der Waals surface area contributed by atoms with Crippen LogP contribution in [0.5, 0.6) is 0 Å². The molecule has 0 amide bonds. The largest absolute Gasteiger partial charge is 0.352 e. The summed E-state index contributed by atoms with van der Waals surface area (Å²) in [6.45, 7) is 0.433. The van der Waals surface area contributed by atoms with Crippen molar-refractivity contribution in [2.75, 3.05) is 6.67 Å². The number of aliphatic imine (C=N–C) groups is 1. The van der Waals surface area contributed by atoms with Gasteiger partial charge in [0, 0.05) is 23.0 Å². The first-order valence-corrected chi connectivity index (χ1v) is 7.55. The number of rotatable bonds is 5. The van der Waals surface area contributed by atoms with Crippen molar-refractivity contribution >= 4 is 17.8 Å². The Kier molecular flexibility index (Phi) is 5.03. The SMILES string of the molecule is FC(F)C1=CN(Cc2cn(-c3ccc(Cl)c(C(F)F)c3)nn2)CN=C1. The molecule has 0 N–H and O–H groups in total. The quantitative estimate of drug-likeness (QED) is 0.748. The molecule has 0 aliphatic carbocycles. The molecule has 10 heteroatoms. The minimum atomic E-state index is -2.71. The molecule has 0 atom stereocenters. The monoisotopic (exact) mass is 373 g/mol. The third-order valence-corrected chi connectivity index (χ3v) is 3.82. The van der Waals surface area contributed by atoms with Gasteiger partial charge in [0.05, 0.1) is 24.0 Å². The molecule has 0 radical (unpaired) electrons. The van der Waals surface area contributed by atoms with E-state index in [1.165, 1.54) is 35.3 Å². The van der Waals surface area contributed by atoms with Crippen LogP contribution in [0.15, 0.2) is 41.2 Å². The van der Waals surface area contributed by atoms with Gasteiger partial charge in [-0.25, -0.2) is 22.2 Å². The summed E-state index contributed by atoms with van der Waals surface area (Å²) in [5.74, 6) is 0. The molecule has 2 aromatic rings. The summed E-state index contributed by atoms with van der Waals surface area (Å²) in [6, 6.07) is 4.12. The van der Waals surface area contributed by atoms with Crippen molar-refractivity contribution in [2.24, 2.45) is 4.99 Å². The molecule has 0 spiro atoms. The Morgan fingerprint density at radius 1 is 1.16 bits per heavy atom. The van der Waals surface area contributed by atoms with Crippen LogP contribution in [0.1, 0.15) is 17.7 Å². The molecule has 1 aromatic heterocycles. The minimum absolute atomic E-state index is 0.0325. The Hall–Kier alpha value is -2.42. The number of nitrogens with zero attached hydrogens (tertiary/aromatic N) is 5. The van der Waals surface area contributed by atoms with Crippen molar-refractivity contribution < 1.29 is 17.6 Å². The van der Waals surface area contributed by atoms with E-state index in [0.717, 1.165) is 6.21 Å². The Bertz CT molecular complexity index is 818. The zero-order chi connectivity index (χ0) is 18.0. The summed E-state index contributed by atoms with van der Waals surface area (Å²) < 4.78 is 52.6. The van der Waals surface area contributed by atoms with Crippen molar-refractivity contribution in [1.29, 1.82) is 0 Å². The highest BCUT2D eigenvalue weighted by molar-refractivity contribution is 6.31. The normalized spacial score (nSPS) is 14.5. The Balaban J connectivity index is 1.77. The summed E-state index contributed by atoms with van der Waals surface area (Å²) in [7, 11) is 0. The summed E-state index contributed by atoms with van der Waals surface area (Å²) >= 11 is 5.74. The van der Waals surface area contributed by atoms with Crippen molar-refractivity contribution in [2.45, 2.75) is 19.4 Å². The van der Waals surface area contributed by atoms with Crippen LogP contribution in [-0.2, 0) is 6.54 Å². The minimum Gasteiger partial charge on any atom is -0.352 e. The maximum atomic E-state index is 12.9. The third kappa shape index (κ3) is 3.98. The van der Waals surface area contributed by atoms with E-state index in [1.54, 1.807) is 4.90 Å². The van der Waals surface area contributed by atoms with Crippen LogP contribution in [0.4, 0.5) is 17.6 Å². The van der Waals surface area contributed by atoms with Gasteiger partial charge in [-0.1, -0.05) is 16.8 Å². The molecule has 0 fully saturated rings. The molecule has 25 heavy (non-hydrogen) atoms. The molecule has 1 aromatic carbocycles. The summed E-state index contributed by atoms with van der Waals surface area (Å²) in [5, 5.41) is 7.78. The first-order valence-electron chi connectivity index (χ1n) is 7.17. The van der Waals surface area contributed by atoms with Crippen LogP contribution in [0.25, 0.3) is 5.69 Å². The Morgan fingerprint density at radius 2 is 1.96 bits per heavy atom. The molecule has 0 bridgehead atoms. The van der Waals surface area contributed by atoms with Crippen molar-refractivity contribution in [3.05, 3.63) is 52.4 Å². The van der Waals surface area contributed by atoms with E-state index in [4.69, 9.17) is 11.6 Å². The molecule has 1 aliphatic rings. The second kappa shape index (κ2) is 7.22. The van der Waals surface area contributed by atoms with Gasteiger partial charge in [0.15, 0.2) is 0 Å². The van der Waals surface area contributed by atoms with Crippen LogP contribution in [-0.4, -0.2) is 39.2 Å². The van der Waals surface area contributed by atoms with Crippen LogP contribution < -0.4 is 0 Å². The lowest BCUT2D eigenvalue weighted by molar-refractivity contribution is 0.151. The van der Waals surface area contributed by atoms with Gasteiger partial charge in [-0.05, 0) is 18.2 Å². The lowest BCUT2D eigenvalue weighted by Gasteiger charge is -2.20. The molecule has 0 saturated carbocycles. The van der Waals surface area contributed by atoms with Crippen LogP contribution >= 0.6 is 11.6 Å². The maximum absolute atomic E-state index is 12.9. The number of hydrogen-bond acceptors (Lipinski definition) is 4. The van der Waals surface area contributed by atoms with Gasteiger partial charge in [0.1, 0.15) is 12.4 Å². The highest BCUT2D eigenvalue weighted by Crippen LogP contribution is 2.28. The summed E-state index contributed by atoms with van der Waals surface area (Å²) in [4.78, 5) is 5.42. The van der Waals surface area contributed by atoms with Gasteiger partial charge >= 0.3 is 0 Å². The highest BCUT2D eigenvalue weighted by atomic mass is 35.5. The number of allylic oxidation sites excluding steroid dienone is 1. The molecular formula is C15H12ClF4N5. The Labute approximate surface area is 145 Å². The van der Waals surface area contributed by atoms with Crippen molar-refractivity contribution in [3.8, 4) is 5.69 Å². The van der Waals surface area contributed by atoms with Crippen LogP contribution in [0, 0.1) is 0 Å². The fourth-order valence-electron chi connectivity index (χ4n) is 2.29. The molecular weight excluding hydrogens is 362 g/mol. The predicted octanol–water partition coefficient (Wildman–Crippen LogP) is 3.85. The first-order chi connectivity index (χ1) is 11.9. The van der Waals surface area contributed by atoms with E-state index in [0.29, 0.717) is 11.4 Å². The fraction of sp³-hybridized carbons (Fsp3) is 0.267. The van der Waals surface area contributed by atoms with Crippen molar-refractivity contribution in [3.63, 3.8) is 0 Å². The van der Waals surface area contributed by atoms with Crippen LogP contribution in [0.2, 0.25) is 5.02 Å². The molecule has 0 unspecified atom stereocenters. The van der Waals surface area contributed by atoms with Gasteiger partial charge in [0.2, 0.25) is 0 Å². The number of hydrogen-bond donors (Lipinski definition) is 0.